The van der Waals surface area contributed by atoms with Gasteiger partial charge in [0, 0.05) is 36.3 Å². The molecular weight excluding hydrogens is 372 g/mol. The van der Waals surface area contributed by atoms with E-state index < -0.39 is 0 Å². The highest BCUT2D eigenvalue weighted by Crippen LogP contribution is 2.30. The number of anilines is 2. The number of rotatable bonds is 6. The molecular formula is C20H28N6OS. The number of likely N-dealkylation sites (tertiary alicyclic amines) is 1. The maximum Gasteiger partial charge on any atom is 0.246 e. The summed E-state index contributed by atoms with van der Waals surface area (Å²) in [6.07, 6.45) is 6.54. The summed E-state index contributed by atoms with van der Waals surface area (Å²) in [5.41, 5.74) is 1.86. The minimum atomic E-state index is -0.0938. The molecule has 3 heterocycles. The number of hydrogen-bond donors (Lipinski definition) is 1. The predicted octanol–water partition coefficient (Wildman–Crippen LogP) is 3.46. The number of nitrogens with one attached hydrogen (secondary N) is 1. The highest BCUT2D eigenvalue weighted by atomic mass is 32.1. The fourth-order valence-corrected chi connectivity index (χ4v) is 3.94. The third-order valence-electron chi connectivity index (χ3n) is 4.54. The number of aryl methyl sites for hydroxylation is 2. The highest BCUT2D eigenvalue weighted by Gasteiger charge is 2.29. The number of carbonyl (C=O) groups is 1. The second kappa shape index (κ2) is 9.25. The molecule has 8 heteroatoms. The van der Waals surface area contributed by atoms with Crippen molar-refractivity contribution in [3.05, 3.63) is 40.8 Å². The molecule has 1 N–H and O–H groups in total. The first-order chi connectivity index (χ1) is 13.4. The topological polar surface area (TPSA) is 74.2 Å². The Morgan fingerprint density at radius 1 is 1.29 bits per heavy atom. The minimum Gasteiger partial charge on any atom is -0.329 e. The van der Waals surface area contributed by atoms with E-state index in [4.69, 9.17) is 4.98 Å². The van der Waals surface area contributed by atoms with Crippen molar-refractivity contribution in [3.8, 4) is 0 Å². The summed E-state index contributed by atoms with van der Waals surface area (Å²) in [5.74, 6) is 1.45. The molecule has 2 aromatic rings. The fraction of sp³-hybridized carbons (Fsp3) is 0.500. The van der Waals surface area contributed by atoms with E-state index >= 15 is 0 Å². The van der Waals surface area contributed by atoms with E-state index in [2.05, 4.69) is 15.3 Å². The van der Waals surface area contributed by atoms with Gasteiger partial charge in [-0.1, -0.05) is 6.08 Å². The average Bonchev–Trinajstić information content (AvgIpc) is 3.05. The molecule has 7 nitrogen and oxygen atoms in total. The molecule has 0 aromatic carbocycles. The van der Waals surface area contributed by atoms with Crippen LogP contribution in [-0.4, -0.2) is 57.8 Å². The average molecular weight is 401 g/mol. The Balaban J connectivity index is 1.80. The molecule has 1 amide bonds. The second-order valence-electron chi connectivity index (χ2n) is 7.38. The van der Waals surface area contributed by atoms with Crippen LogP contribution in [0.4, 0.5) is 10.9 Å². The number of thiazole rings is 1. The number of hydrogen-bond acceptors (Lipinski definition) is 7. The van der Waals surface area contributed by atoms with Gasteiger partial charge in [-0.3, -0.25) is 4.79 Å². The number of aromatic nitrogens is 3. The van der Waals surface area contributed by atoms with E-state index in [1.165, 1.54) is 0 Å². The van der Waals surface area contributed by atoms with Gasteiger partial charge in [-0.15, -0.1) is 11.3 Å². The van der Waals surface area contributed by atoms with Crippen molar-refractivity contribution in [2.75, 3.05) is 32.5 Å². The van der Waals surface area contributed by atoms with Gasteiger partial charge in [-0.25, -0.2) is 15.0 Å². The van der Waals surface area contributed by atoms with E-state index in [9.17, 15) is 4.79 Å². The van der Waals surface area contributed by atoms with Crippen LogP contribution in [0, 0.1) is 13.8 Å². The quantitative estimate of drug-likeness (QED) is 0.749. The lowest BCUT2D eigenvalue weighted by Gasteiger charge is -2.34. The molecule has 0 radical (unpaired) electrons. The van der Waals surface area contributed by atoms with Crippen LogP contribution in [0.25, 0.3) is 0 Å². The zero-order valence-corrected chi connectivity index (χ0v) is 17.8. The standard InChI is InChI=1S/C20H28N6OS/c1-14-12-17(24-20-22-15(2)13-28-20)23-19(21-14)16-8-5-6-11-26(16)18(27)9-7-10-25(3)4/h7,9,12-13,16H,5-6,8,10-11H2,1-4H3,(H,21,22,23,24). The molecule has 0 aliphatic carbocycles. The van der Waals surface area contributed by atoms with Crippen molar-refractivity contribution in [3.63, 3.8) is 0 Å². The summed E-state index contributed by atoms with van der Waals surface area (Å²) in [6.45, 7) is 5.40. The Hall–Kier alpha value is -2.32. The lowest BCUT2D eigenvalue weighted by molar-refractivity contribution is -0.129. The Bertz CT molecular complexity index is 847. The molecule has 1 aliphatic heterocycles. The van der Waals surface area contributed by atoms with E-state index in [1.807, 2.05) is 55.3 Å². The molecule has 1 unspecified atom stereocenters. The minimum absolute atomic E-state index is 0.0294. The summed E-state index contributed by atoms with van der Waals surface area (Å²) in [5, 5.41) is 6.08. The van der Waals surface area contributed by atoms with Gasteiger partial charge in [0.2, 0.25) is 5.91 Å². The van der Waals surface area contributed by atoms with Gasteiger partial charge in [0.05, 0.1) is 11.7 Å². The molecule has 28 heavy (non-hydrogen) atoms. The van der Waals surface area contributed by atoms with Gasteiger partial charge < -0.3 is 15.1 Å². The van der Waals surface area contributed by atoms with Crippen LogP contribution >= 0.6 is 11.3 Å². The maximum atomic E-state index is 12.8. The molecule has 0 bridgehead atoms. The molecule has 3 rings (SSSR count). The maximum absolute atomic E-state index is 12.8. The Morgan fingerprint density at radius 2 is 2.11 bits per heavy atom. The van der Waals surface area contributed by atoms with Crippen molar-refractivity contribution in [1.82, 2.24) is 24.8 Å². The molecule has 150 valence electrons. The van der Waals surface area contributed by atoms with Crippen molar-refractivity contribution in [1.29, 1.82) is 0 Å². The van der Waals surface area contributed by atoms with Gasteiger partial charge in [-0.2, -0.15) is 0 Å². The number of nitrogens with zero attached hydrogens (tertiary/aromatic N) is 5. The summed E-state index contributed by atoms with van der Waals surface area (Å²) < 4.78 is 0. The monoisotopic (exact) mass is 400 g/mol. The lowest BCUT2D eigenvalue weighted by Crippen LogP contribution is -2.38. The number of amides is 1. The van der Waals surface area contributed by atoms with E-state index in [1.54, 1.807) is 17.4 Å². The predicted molar refractivity (Wildman–Crippen MR) is 113 cm³/mol. The Labute approximate surface area is 170 Å². The molecule has 1 aliphatic rings. The molecule has 2 aromatic heterocycles. The van der Waals surface area contributed by atoms with E-state index in [0.29, 0.717) is 5.82 Å². The SMILES string of the molecule is Cc1cc(Nc2nc(C)cs2)nc(C2CCCCN2C(=O)C=CCN(C)C)n1. The van der Waals surface area contributed by atoms with E-state index in [0.717, 1.165) is 54.7 Å². The van der Waals surface area contributed by atoms with Crippen LogP contribution in [0.3, 0.4) is 0 Å². The normalized spacial score (nSPS) is 17.5. The lowest BCUT2D eigenvalue weighted by atomic mass is 10.0. The molecule has 1 atom stereocenters. The van der Waals surface area contributed by atoms with Crippen LogP contribution in [0.1, 0.15) is 42.5 Å². The summed E-state index contributed by atoms with van der Waals surface area (Å²) >= 11 is 1.55. The zero-order valence-electron chi connectivity index (χ0n) is 17.0. The van der Waals surface area contributed by atoms with Gasteiger partial charge in [-0.05, 0) is 47.2 Å². The first kappa shape index (κ1) is 20.4. The Kier molecular flexibility index (Phi) is 6.74. The van der Waals surface area contributed by atoms with Gasteiger partial charge in [0.1, 0.15) is 5.82 Å². The van der Waals surface area contributed by atoms with Crippen molar-refractivity contribution < 1.29 is 4.79 Å². The fourth-order valence-electron chi connectivity index (χ4n) is 3.25. The van der Waals surface area contributed by atoms with E-state index in [-0.39, 0.29) is 11.9 Å². The third-order valence-corrected chi connectivity index (χ3v) is 5.42. The van der Waals surface area contributed by atoms with Crippen LogP contribution in [0.15, 0.2) is 23.6 Å². The summed E-state index contributed by atoms with van der Waals surface area (Å²) in [6, 6.07) is 1.82. The number of likely N-dealkylation sites (N-methyl/N-ethyl adjacent to an activating group) is 1. The first-order valence-corrected chi connectivity index (χ1v) is 10.5. The van der Waals surface area contributed by atoms with Gasteiger partial charge in [0.25, 0.3) is 0 Å². The van der Waals surface area contributed by atoms with Gasteiger partial charge >= 0.3 is 0 Å². The smallest absolute Gasteiger partial charge is 0.246 e. The molecule has 1 fully saturated rings. The second-order valence-corrected chi connectivity index (χ2v) is 8.24. The molecule has 0 saturated carbocycles. The Morgan fingerprint density at radius 3 is 2.82 bits per heavy atom. The summed E-state index contributed by atoms with van der Waals surface area (Å²) in [4.78, 5) is 30.5. The highest BCUT2D eigenvalue weighted by molar-refractivity contribution is 7.13. The number of piperidine rings is 1. The van der Waals surface area contributed by atoms with Crippen molar-refractivity contribution in [2.45, 2.75) is 39.2 Å². The van der Waals surface area contributed by atoms with Crippen LogP contribution in [0.2, 0.25) is 0 Å². The van der Waals surface area contributed by atoms with Crippen LogP contribution < -0.4 is 5.32 Å². The van der Waals surface area contributed by atoms with Crippen molar-refractivity contribution in [2.24, 2.45) is 0 Å². The molecule has 0 spiro atoms. The van der Waals surface area contributed by atoms with Crippen molar-refractivity contribution >= 4 is 28.2 Å². The first-order valence-electron chi connectivity index (χ1n) is 9.59. The molecule has 1 saturated heterocycles. The van der Waals surface area contributed by atoms with Crippen LogP contribution in [0.5, 0.6) is 0 Å². The largest absolute Gasteiger partial charge is 0.329 e. The third kappa shape index (κ3) is 5.36. The van der Waals surface area contributed by atoms with Crippen LogP contribution in [-0.2, 0) is 4.79 Å². The zero-order chi connectivity index (χ0) is 20.1. The summed E-state index contributed by atoms with van der Waals surface area (Å²) in [7, 11) is 3.97. The van der Waals surface area contributed by atoms with Gasteiger partial charge in [0.15, 0.2) is 11.0 Å². The number of carbonyl (C=O) groups excluding carboxylic acids is 1.